The lowest BCUT2D eigenvalue weighted by atomic mass is 9.89. The van der Waals surface area contributed by atoms with Gasteiger partial charge in [0.25, 0.3) is 0 Å². The lowest BCUT2D eigenvalue weighted by molar-refractivity contribution is 0.0605. The quantitative estimate of drug-likeness (QED) is 0.612. The standard InChI is InChI=1S/C13H24N4O/c1-3-12-11(9-17(2)16-12)13(15-14)8-10-4-6-18-7-5-10/h9-10,13,15H,3-8,14H2,1-2H3. The van der Waals surface area contributed by atoms with E-state index in [-0.39, 0.29) is 6.04 Å². The van der Waals surface area contributed by atoms with Crippen molar-refractivity contribution in [2.75, 3.05) is 13.2 Å². The zero-order chi connectivity index (χ0) is 13.0. The van der Waals surface area contributed by atoms with Crippen LogP contribution in [-0.2, 0) is 18.2 Å². The lowest BCUT2D eigenvalue weighted by Crippen LogP contribution is -2.31. The number of nitrogens with zero attached hydrogens (tertiary/aromatic N) is 2. The van der Waals surface area contributed by atoms with Crippen molar-refractivity contribution in [2.45, 2.75) is 38.6 Å². The Morgan fingerprint density at radius 1 is 1.56 bits per heavy atom. The fraction of sp³-hybridized carbons (Fsp3) is 0.769. The molecule has 0 aromatic carbocycles. The van der Waals surface area contributed by atoms with Gasteiger partial charge in [-0.25, -0.2) is 0 Å². The molecule has 0 saturated carbocycles. The molecule has 1 saturated heterocycles. The molecule has 0 radical (unpaired) electrons. The molecule has 3 N–H and O–H groups in total. The summed E-state index contributed by atoms with van der Waals surface area (Å²) in [7, 11) is 1.96. The van der Waals surface area contributed by atoms with Crippen LogP contribution in [0.4, 0.5) is 0 Å². The second-order valence-corrected chi connectivity index (χ2v) is 5.07. The number of aromatic nitrogens is 2. The summed E-state index contributed by atoms with van der Waals surface area (Å²) in [6, 6.07) is 0.205. The summed E-state index contributed by atoms with van der Waals surface area (Å²) in [5.74, 6) is 6.44. The fourth-order valence-corrected chi connectivity index (χ4v) is 2.72. The molecule has 1 aromatic heterocycles. The molecule has 1 aromatic rings. The Balaban J connectivity index is 2.06. The first kappa shape index (κ1) is 13.5. The second-order valence-electron chi connectivity index (χ2n) is 5.07. The van der Waals surface area contributed by atoms with E-state index in [0.717, 1.165) is 44.6 Å². The Hall–Kier alpha value is -0.910. The number of hydrogen-bond acceptors (Lipinski definition) is 4. The van der Waals surface area contributed by atoms with Crippen molar-refractivity contribution in [3.8, 4) is 0 Å². The highest BCUT2D eigenvalue weighted by atomic mass is 16.5. The molecule has 2 rings (SSSR count). The summed E-state index contributed by atoms with van der Waals surface area (Å²) in [4.78, 5) is 0. The Morgan fingerprint density at radius 2 is 2.28 bits per heavy atom. The second kappa shape index (κ2) is 6.31. The van der Waals surface area contributed by atoms with E-state index in [0.29, 0.717) is 5.92 Å². The summed E-state index contributed by atoms with van der Waals surface area (Å²) >= 11 is 0. The van der Waals surface area contributed by atoms with E-state index in [1.165, 1.54) is 5.56 Å². The third-order valence-electron chi connectivity index (χ3n) is 3.76. The van der Waals surface area contributed by atoms with Crippen LogP contribution in [-0.4, -0.2) is 23.0 Å². The van der Waals surface area contributed by atoms with Gasteiger partial charge in [-0.3, -0.25) is 16.0 Å². The van der Waals surface area contributed by atoms with Gasteiger partial charge >= 0.3 is 0 Å². The summed E-state index contributed by atoms with van der Waals surface area (Å²) < 4.78 is 7.28. The van der Waals surface area contributed by atoms with Gasteiger partial charge in [-0.05, 0) is 31.6 Å². The average molecular weight is 252 g/mol. The first-order valence-corrected chi connectivity index (χ1v) is 6.80. The molecule has 18 heavy (non-hydrogen) atoms. The fourth-order valence-electron chi connectivity index (χ4n) is 2.72. The molecule has 0 amide bonds. The van der Waals surface area contributed by atoms with Gasteiger partial charge in [0.05, 0.1) is 5.69 Å². The summed E-state index contributed by atoms with van der Waals surface area (Å²) in [6.07, 6.45) is 6.38. The van der Waals surface area contributed by atoms with E-state index >= 15 is 0 Å². The largest absolute Gasteiger partial charge is 0.381 e. The van der Waals surface area contributed by atoms with Crippen molar-refractivity contribution in [3.63, 3.8) is 0 Å². The number of nitrogens with two attached hydrogens (primary N) is 1. The molecule has 1 fully saturated rings. The maximum Gasteiger partial charge on any atom is 0.0670 e. The van der Waals surface area contributed by atoms with Gasteiger partial charge in [-0.2, -0.15) is 5.10 Å². The van der Waals surface area contributed by atoms with E-state index in [1.807, 2.05) is 11.7 Å². The number of nitrogens with one attached hydrogen (secondary N) is 1. The number of hydrogen-bond donors (Lipinski definition) is 2. The molecule has 5 heteroatoms. The number of ether oxygens (including phenoxy) is 1. The van der Waals surface area contributed by atoms with Crippen LogP contribution in [0.5, 0.6) is 0 Å². The van der Waals surface area contributed by atoms with E-state index in [1.54, 1.807) is 0 Å². The van der Waals surface area contributed by atoms with E-state index < -0.39 is 0 Å². The zero-order valence-corrected chi connectivity index (χ0v) is 11.4. The Morgan fingerprint density at radius 3 is 2.89 bits per heavy atom. The molecule has 1 atom stereocenters. The van der Waals surface area contributed by atoms with Crippen LogP contribution < -0.4 is 11.3 Å². The molecular formula is C13H24N4O. The molecule has 2 heterocycles. The van der Waals surface area contributed by atoms with Crippen LogP contribution in [0.15, 0.2) is 6.20 Å². The van der Waals surface area contributed by atoms with Crippen molar-refractivity contribution in [1.82, 2.24) is 15.2 Å². The van der Waals surface area contributed by atoms with E-state index in [4.69, 9.17) is 10.6 Å². The van der Waals surface area contributed by atoms with Crippen LogP contribution in [0.2, 0.25) is 0 Å². The summed E-state index contributed by atoms with van der Waals surface area (Å²) in [5.41, 5.74) is 5.35. The molecule has 0 bridgehead atoms. The third kappa shape index (κ3) is 3.10. The highest BCUT2D eigenvalue weighted by Gasteiger charge is 2.22. The first-order chi connectivity index (χ1) is 8.74. The minimum atomic E-state index is 0.205. The minimum Gasteiger partial charge on any atom is -0.381 e. The third-order valence-corrected chi connectivity index (χ3v) is 3.76. The molecule has 1 aliphatic rings. The molecule has 5 nitrogen and oxygen atoms in total. The molecule has 102 valence electrons. The summed E-state index contributed by atoms with van der Waals surface area (Å²) in [5, 5.41) is 4.49. The molecule has 1 aliphatic heterocycles. The number of aryl methyl sites for hydroxylation is 2. The van der Waals surface area contributed by atoms with Gasteiger partial charge in [0.1, 0.15) is 0 Å². The number of rotatable bonds is 5. The molecule has 0 spiro atoms. The van der Waals surface area contributed by atoms with Gasteiger partial charge in [-0.15, -0.1) is 0 Å². The lowest BCUT2D eigenvalue weighted by Gasteiger charge is -2.26. The van der Waals surface area contributed by atoms with Gasteiger partial charge < -0.3 is 4.74 Å². The predicted molar refractivity (Wildman–Crippen MR) is 70.8 cm³/mol. The molecule has 1 unspecified atom stereocenters. The van der Waals surface area contributed by atoms with Gasteiger partial charge in [0.2, 0.25) is 0 Å². The molecule has 0 aliphatic carbocycles. The average Bonchev–Trinajstić information content (AvgIpc) is 2.78. The van der Waals surface area contributed by atoms with Crippen molar-refractivity contribution in [1.29, 1.82) is 0 Å². The van der Waals surface area contributed by atoms with E-state index in [2.05, 4.69) is 23.6 Å². The topological polar surface area (TPSA) is 65.1 Å². The zero-order valence-electron chi connectivity index (χ0n) is 11.4. The monoisotopic (exact) mass is 252 g/mol. The van der Waals surface area contributed by atoms with Gasteiger partial charge in [0, 0.05) is 38.1 Å². The highest BCUT2D eigenvalue weighted by molar-refractivity contribution is 5.21. The predicted octanol–water partition coefficient (Wildman–Crippen LogP) is 1.30. The van der Waals surface area contributed by atoms with Crippen LogP contribution in [0, 0.1) is 5.92 Å². The van der Waals surface area contributed by atoms with Crippen LogP contribution in [0.25, 0.3) is 0 Å². The van der Waals surface area contributed by atoms with Crippen LogP contribution in [0.1, 0.15) is 43.5 Å². The smallest absolute Gasteiger partial charge is 0.0670 e. The van der Waals surface area contributed by atoms with Gasteiger partial charge in [-0.1, -0.05) is 6.92 Å². The first-order valence-electron chi connectivity index (χ1n) is 6.80. The van der Waals surface area contributed by atoms with Gasteiger partial charge in [0.15, 0.2) is 0 Å². The minimum absolute atomic E-state index is 0.205. The van der Waals surface area contributed by atoms with Crippen LogP contribution >= 0.6 is 0 Å². The maximum atomic E-state index is 5.74. The van der Waals surface area contributed by atoms with Crippen molar-refractivity contribution >= 4 is 0 Å². The molecular weight excluding hydrogens is 228 g/mol. The Bertz CT molecular complexity index is 371. The SMILES string of the molecule is CCc1nn(C)cc1C(CC1CCOCC1)NN. The van der Waals surface area contributed by atoms with Crippen molar-refractivity contribution < 1.29 is 4.74 Å². The van der Waals surface area contributed by atoms with E-state index in [9.17, 15) is 0 Å². The van der Waals surface area contributed by atoms with Crippen molar-refractivity contribution in [3.05, 3.63) is 17.5 Å². The van der Waals surface area contributed by atoms with Crippen molar-refractivity contribution in [2.24, 2.45) is 18.8 Å². The maximum absolute atomic E-state index is 5.74. The Labute approximate surface area is 109 Å². The highest BCUT2D eigenvalue weighted by Crippen LogP contribution is 2.28. The number of hydrazine groups is 1. The van der Waals surface area contributed by atoms with Crippen LogP contribution in [0.3, 0.4) is 0 Å². The Kier molecular flexibility index (Phi) is 4.74. The normalized spacial score (nSPS) is 19.1. The summed E-state index contributed by atoms with van der Waals surface area (Å²) in [6.45, 7) is 3.90.